The fraction of sp³-hybridized carbons (Fsp3) is 1.00. The first-order chi connectivity index (χ1) is 5.00. The number of hydrogen-bond donors (Lipinski definition) is 5. The Labute approximate surface area is 83.8 Å². The maximum atomic E-state index is 7.00. The van der Waals surface area contributed by atoms with E-state index in [0.29, 0.717) is 0 Å². The summed E-state index contributed by atoms with van der Waals surface area (Å²) in [7, 11) is 5.00. The maximum absolute atomic E-state index is 7.00. The van der Waals surface area contributed by atoms with E-state index in [9.17, 15) is 0 Å². The Bertz CT molecular complexity index is 14.8. The largest absolute Gasteiger partial charge is 0.400 e. The van der Waals surface area contributed by atoms with Crippen LogP contribution in [0, 0.1) is 0 Å². The van der Waals surface area contributed by atoms with E-state index < -0.39 is 0 Å². The van der Waals surface area contributed by atoms with Gasteiger partial charge in [0, 0.05) is 57.9 Å². The fourth-order valence-electron chi connectivity index (χ4n) is 0. The van der Waals surface area contributed by atoms with Gasteiger partial charge in [-0.2, -0.15) is 0 Å². The summed E-state index contributed by atoms with van der Waals surface area (Å²) < 4.78 is 0. The first-order valence-corrected chi connectivity index (χ1v) is 2.24. The van der Waals surface area contributed by atoms with Crippen molar-refractivity contribution in [3.63, 3.8) is 0 Å². The molecular formula is C5H20O5Ta. The number of hydrogen-bond acceptors (Lipinski definition) is 5. The van der Waals surface area contributed by atoms with E-state index >= 15 is 0 Å². The van der Waals surface area contributed by atoms with Crippen molar-refractivity contribution in [1.82, 2.24) is 0 Å². The number of aliphatic hydroxyl groups excluding tert-OH is 5. The molecule has 1 radical (unpaired) electrons. The van der Waals surface area contributed by atoms with Crippen LogP contribution >= 0.6 is 0 Å². The second-order valence-corrected chi connectivity index (χ2v) is 0. The van der Waals surface area contributed by atoms with Crippen molar-refractivity contribution < 1.29 is 47.9 Å². The Morgan fingerprint density at radius 3 is 0.364 bits per heavy atom. The third-order valence-electron chi connectivity index (χ3n) is 0. The Kier molecular flexibility index (Phi) is 12500. The Morgan fingerprint density at radius 1 is 0.364 bits per heavy atom. The molecule has 5 N–H and O–H groups in total. The summed E-state index contributed by atoms with van der Waals surface area (Å²) >= 11 is 0. The number of aliphatic hydroxyl groups is 5. The molecule has 0 heterocycles. The van der Waals surface area contributed by atoms with E-state index in [1.54, 1.807) is 0 Å². The Morgan fingerprint density at radius 2 is 0.364 bits per heavy atom. The first-order valence-electron chi connectivity index (χ1n) is 2.24. The first kappa shape index (κ1) is 41.8. The normalized spacial score (nSPS) is 2.73. The molecule has 6 heteroatoms. The van der Waals surface area contributed by atoms with Gasteiger partial charge in [0.1, 0.15) is 0 Å². The minimum Gasteiger partial charge on any atom is -0.400 e. The van der Waals surface area contributed by atoms with Gasteiger partial charge in [-0.25, -0.2) is 0 Å². The van der Waals surface area contributed by atoms with Crippen LogP contribution in [-0.2, 0) is 22.4 Å². The average Bonchev–Trinajstić information content (AvgIpc) is 2.20. The Balaban J connectivity index is -0.00000000694. The molecule has 0 saturated carbocycles. The second kappa shape index (κ2) is 3290. The van der Waals surface area contributed by atoms with Gasteiger partial charge in [-0.3, -0.25) is 0 Å². The molecule has 0 aromatic rings. The predicted octanol–water partition coefficient (Wildman–Crippen LogP) is -1.96. The van der Waals surface area contributed by atoms with Crippen LogP contribution in [0.1, 0.15) is 0 Å². The van der Waals surface area contributed by atoms with Gasteiger partial charge < -0.3 is 25.5 Å². The molecule has 11 heavy (non-hydrogen) atoms. The van der Waals surface area contributed by atoms with Crippen molar-refractivity contribution >= 4 is 0 Å². The standard InChI is InChI=1S/5CH4O.Ta/c5*1-2;/h5*2H,1H3;. The van der Waals surface area contributed by atoms with Crippen molar-refractivity contribution in [2.75, 3.05) is 35.5 Å². The molecule has 0 bridgehead atoms. The summed E-state index contributed by atoms with van der Waals surface area (Å²) in [6.07, 6.45) is 0. The van der Waals surface area contributed by atoms with Crippen LogP contribution in [0.3, 0.4) is 0 Å². The van der Waals surface area contributed by atoms with Gasteiger partial charge >= 0.3 is 0 Å². The van der Waals surface area contributed by atoms with E-state index in [2.05, 4.69) is 0 Å². The number of rotatable bonds is 0. The summed E-state index contributed by atoms with van der Waals surface area (Å²) in [6.45, 7) is 0. The molecule has 0 aromatic carbocycles. The van der Waals surface area contributed by atoms with Gasteiger partial charge in [-0.15, -0.1) is 0 Å². The zero-order chi connectivity index (χ0) is 10.0. The molecule has 0 saturated heterocycles. The van der Waals surface area contributed by atoms with E-state index in [1.807, 2.05) is 0 Å². The average molecular weight is 341 g/mol. The predicted molar refractivity (Wildman–Crippen MR) is 40.7 cm³/mol. The summed E-state index contributed by atoms with van der Waals surface area (Å²) in [5.74, 6) is 0. The van der Waals surface area contributed by atoms with Crippen molar-refractivity contribution in [3.05, 3.63) is 0 Å². The summed E-state index contributed by atoms with van der Waals surface area (Å²) in [4.78, 5) is 0. The van der Waals surface area contributed by atoms with Crippen molar-refractivity contribution in [3.8, 4) is 0 Å². The van der Waals surface area contributed by atoms with E-state index in [1.165, 1.54) is 0 Å². The molecule has 0 rings (SSSR count). The zero-order valence-electron chi connectivity index (χ0n) is 7.68. The molecule has 5 nitrogen and oxygen atoms in total. The maximum Gasteiger partial charge on any atom is 0.0319 e. The molecule has 0 aliphatic rings. The summed E-state index contributed by atoms with van der Waals surface area (Å²) in [6, 6.07) is 0. The van der Waals surface area contributed by atoms with Crippen LogP contribution in [0.5, 0.6) is 0 Å². The molecule has 0 aliphatic heterocycles. The topological polar surface area (TPSA) is 101 Å². The van der Waals surface area contributed by atoms with Gasteiger partial charge in [0.15, 0.2) is 0 Å². The molecule has 0 fully saturated rings. The SMILES string of the molecule is CO.CO.CO.CO.CO.[Ta]. The monoisotopic (exact) mass is 341 g/mol. The molecule has 0 atom stereocenters. The smallest absolute Gasteiger partial charge is 0.0319 e. The molecule has 75 valence electrons. The van der Waals surface area contributed by atoms with E-state index in [0.717, 1.165) is 35.5 Å². The van der Waals surface area contributed by atoms with Gasteiger partial charge in [0.2, 0.25) is 0 Å². The van der Waals surface area contributed by atoms with Crippen molar-refractivity contribution in [2.45, 2.75) is 0 Å². The molecule has 0 spiro atoms. The fourth-order valence-corrected chi connectivity index (χ4v) is 0. The van der Waals surface area contributed by atoms with Crippen LogP contribution in [0.15, 0.2) is 0 Å². The third kappa shape index (κ3) is 2630. The minimum absolute atomic E-state index is 0. The zero-order valence-corrected chi connectivity index (χ0v) is 10.9. The van der Waals surface area contributed by atoms with E-state index in [-0.39, 0.29) is 22.4 Å². The van der Waals surface area contributed by atoms with Crippen LogP contribution in [0.2, 0.25) is 0 Å². The summed E-state index contributed by atoms with van der Waals surface area (Å²) in [5, 5.41) is 35.0. The molecule has 0 unspecified atom stereocenters. The van der Waals surface area contributed by atoms with Gasteiger partial charge in [0.05, 0.1) is 0 Å². The summed E-state index contributed by atoms with van der Waals surface area (Å²) in [5.41, 5.74) is 0. The third-order valence-corrected chi connectivity index (χ3v) is 0. The van der Waals surface area contributed by atoms with Crippen LogP contribution in [-0.4, -0.2) is 61.1 Å². The Hall–Kier alpha value is 0.540. The second-order valence-electron chi connectivity index (χ2n) is 0. The van der Waals surface area contributed by atoms with Gasteiger partial charge in [-0.1, -0.05) is 0 Å². The van der Waals surface area contributed by atoms with E-state index in [4.69, 9.17) is 25.5 Å². The van der Waals surface area contributed by atoms with Crippen LogP contribution in [0.4, 0.5) is 0 Å². The molecule has 0 aromatic heterocycles. The van der Waals surface area contributed by atoms with Crippen molar-refractivity contribution in [2.24, 2.45) is 0 Å². The van der Waals surface area contributed by atoms with Gasteiger partial charge in [0.25, 0.3) is 0 Å². The quantitative estimate of drug-likeness (QED) is 0.352. The molecular weight excluding hydrogens is 321 g/mol. The van der Waals surface area contributed by atoms with Crippen molar-refractivity contribution in [1.29, 1.82) is 0 Å². The molecule has 0 amide bonds. The van der Waals surface area contributed by atoms with Gasteiger partial charge in [-0.05, 0) is 0 Å². The minimum atomic E-state index is 0. The van der Waals surface area contributed by atoms with Crippen LogP contribution < -0.4 is 0 Å². The van der Waals surface area contributed by atoms with Crippen LogP contribution in [0.25, 0.3) is 0 Å². The molecule has 0 aliphatic carbocycles.